The Hall–Kier alpha value is -3.29. The van der Waals surface area contributed by atoms with Gasteiger partial charge >= 0.3 is 6.09 Å². The molecule has 0 aromatic heterocycles. The summed E-state index contributed by atoms with van der Waals surface area (Å²) in [5.74, 6) is 0.540. The van der Waals surface area contributed by atoms with Gasteiger partial charge in [-0.25, -0.2) is 4.79 Å². The highest BCUT2D eigenvalue weighted by molar-refractivity contribution is 8.01. The number of benzene rings is 3. The second-order valence-corrected chi connectivity index (χ2v) is 15.5. The Morgan fingerprint density at radius 3 is 1.80 bits per heavy atom. The van der Waals surface area contributed by atoms with Crippen LogP contribution in [-0.2, 0) is 14.3 Å². The summed E-state index contributed by atoms with van der Waals surface area (Å²) >= 11 is 1.91. The molecule has 2 amide bonds. The van der Waals surface area contributed by atoms with Crippen LogP contribution in [0.5, 0.6) is 0 Å². The van der Waals surface area contributed by atoms with Gasteiger partial charge in [-0.15, -0.1) is 11.8 Å². The van der Waals surface area contributed by atoms with Crippen molar-refractivity contribution in [3.05, 3.63) is 108 Å². The Labute approximate surface area is 281 Å². The molecule has 6 nitrogen and oxygen atoms in total. The number of amides is 2. The Morgan fingerprint density at radius 1 is 0.870 bits per heavy atom. The largest absolute Gasteiger partial charge is 0.444 e. The summed E-state index contributed by atoms with van der Waals surface area (Å²) in [5, 5.41) is 6.82. The molecule has 3 aromatic rings. The van der Waals surface area contributed by atoms with Crippen LogP contribution in [0.4, 0.5) is 4.79 Å². The Kier molecular flexibility index (Phi) is 12.4. The maximum atomic E-state index is 13.7. The first-order chi connectivity index (χ1) is 21.9. The number of ether oxygens (including phenoxy) is 1. The van der Waals surface area contributed by atoms with E-state index >= 15 is 0 Å². The normalized spacial score (nSPS) is 18.3. The minimum atomic E-state index is -0.613. The lowest BCUT2D eigenvalue weighted by Gasteiger charge is -2.37. The highest BCUT2D eigenvalue weighted by atomic mass is 32.2. The summed E-state index contributed by atoms with van der Waals surface area (Å²) in [7, 11) is 0. The maximum Gasteiger partial charge on any atom is 0.410 e. The van der Waals surface area contributed by atoms with Crippen molar-refractivity contribution >= 4 is 23.8 Å². The lowest BCUT2D eigenvalue weighted by atomic mass is 9.84. The van der Waals surface area contributed by atoms with Gasteiger partial charge < -0.3 is 20.3 Å². The van der Waals surface area contributed by atoms with Crippen LogP contribution < -0.4 is 10.6 Å². The molecule has 0 aliphatic carbocycles. The number of thioether (sulfide) groups is 1. The van der Waals surface area contributed by atoms with Crippen molar-refractivity contribution < 1.29 is 14.3 Å². The molecule has 248 valence electrons. The van der Waals surface area contributed by atoms with Gasteiger partial charge in [0.15, 0.2) is 0 Å². The van der Waals surface area contributed by atoms with Crippen LogP contribution in [0, 0.1) is 11.8 Å². The van der Waals surface area contributed by atoms with Crippen LogP contribution in [0.3, 0.4) is 0 Å². The van der Waals surface area contributed by atoms with Crippen LogP contribution in [0.2, 0.25) is 0 Å². The van der Waals surface area contributed by atoms with E-state index in [0.29, 0.717) is 25.6 Å². The molecule has 1 aliphatic rings. The smallest absolute Gasteiger partial charge is 0.410 e. The second kappa shape index (κ2) is 16.0. The predicted octanol–water partition coefficient (Wildman–Crippen LogP) is 7.87. The molecule has 1 heterocycles. The zero-order valence-electron chi connectivity index (χ0n) is 28.7. The zero-order valence-corrected chi connectivity index (χ0v) is 29.5. The van der Waals surface area contributed by atoms with Crippen molar-refractivity contribution in [2.45, 2.75) is 89.0 Å². The van der Waals surface area contributed by atoms with E-state index in [4.69, 9.17) is 4.74 Å². The first-order valence-electron chi connectivity index (χ1n) is 16.8. The first kappa shape index (κ1) is 35.6. The average Bonchev–Trinajstić information content (AvgIpc) is 3.45. The molecule has 46 heavy (non-hydrogen) atoms. The van der Waals surface area contributed by atoms with Gasteiger partial charge in [-0.1, -0.05) is 125 Å². The fourth-order valence-corrected chi connectivity index (χ4v) is 8.01. The van der Waals surface area contributed by atoms with E-state index in [1.165, 1.54) is 16.7 Å². The standard InChI is InChI=1S/C39H53N3O3S/c1-8-29(4)35(36(43)41-25-28(2)3)40-26-33-24-34(27-42(33)37(44)45-38(5,6)7)46-39(30-18-12-9-13-19-30,31-20-14-10-15-21-31)32-22-16-11-17-23-32/h9-23,28-29,33-35,40H,8,24-27H2,1-7H3,(H,41,43)/t29?,33?,34?,35-/m0/s1. The van der Waals surface area contributed by atoms with Crippen LogP contribution in [0.25, 0.3) is 0 Å². The van der Waals surface area contributed by atoms with Gasteiger partial charge in [-0.05, 0) is 55.7 Å². The molecule has 4 rings (SSSR count). The number of hydrogen-bond donors (Lipinski definition) is 2. The topological polar surface area (TPSA) is 70.7 Å². The summed E-state index contributed by atoms with van der Waals surface area (Å²) in [5.41, 5.74) is 2.97. The van der Waals surface area contributed by atoms with Gasteiger partial charge in [-0.3, -0.25) is 4.79 Å². The second-order valence-electron chi connectivity index (χ2n) is 14.0. The molecule has 4 atom stereocenters. The summed E-state index contributed by atoms with van der Waals surface area (Å²) in [6.45, 7) is 15.8. The highest BCUT2D eigenvalue weighted by Crippen LogP contribution is 2.52. The van der Waals surface area contributed by atoms with Crippen LogP contribution in [0.1, 0.15) is 78.0 Å². The minimum absolute atomic E-state index is 0.0204. The van der Waals surface area contributed by atoms with Crippen molar-refractivity contribution in [1.29, 1.82) is 0 Å². The minimum Gasteiger partial charge on any atom is -0.444 e. The fraction of sp³-hybridized carbons (Fsp3) is 0.487. The van der Waals surface area contributed by atoms with Crippen LogP contribution >= 0.6 is 11.8 Å². The van der Waals surface area contributed by atoms with Gasteiger partial charge in [0.2, 0.25) is 5.91 Å². The molecule has 0 saturated carbocycles. The monoisotopic (exact) mass is 643 g/mol. The van der Waals surface area contributed by atoms with E-state index < -0.39 is 10.3 Å². The quantitative estimate of drug-likeness (QED) is 0.186. The highest BCUT2D eigenvalue weighted by Gasteiger charge is 2.45. The third-order valence-electron chi connectivity index (χ3n) is 8.64. The average molecular weight is 644 g/mol. The van der Waals surface area contributed by atoms with Crippen molar-refractivity contribution in [3.8, 4) is 0 Å². The molecule has 2 N–H and O–H groups in total. The predicted molar refractivity (Wildman–Crippen MR) is 191 cm³/mol. The molecule has 1 aliphatic heterocycles. The molecule has 1 fully saturated rings. The van der Waals surface area contributed by atoms with Crippen LogP contribution in [0.15, 0.2) is 91.0 Å². The van der Waals surface area contributed by atoms with Crippen molar-refractivity contribution in [2.75, 3.05) is 19.6 Å². The summed E-state index contributed by atoms with van der Waals surface area (Å²) < 4.78 is 5.45. The lowest BCUT2D eigenvalue weighted by molar-refractivity contribution is -0.124. The van der Waals surface area contributed by atoms with E-state index in [-0.39, 0.29) is 35.3 Å². The summed E-state index contributed by atoms with van der Waals surface area (Å²) in [6, 6.07) is 31.6. The fourth-order valence-electron chi connectivity index (χ4n) is 6.14. The lowest BCUT2D eigenvalue weighted by Crippen LogP contribution is -2.52. The van der Waals surface area contributed by atoms with E-state index in [0.717, 1.165) is 12.8 Å². The van der Waals surface area contributed by atoms with Crippen molar-refractivity contribution in [3.63, 3.8) is 0 Å². The third kappa shape index (κ3) is 8.95. The number of nitrogens with one attached hydrogen (secondary N) is 2. The van der Waals surface area contributed by atoms with E-state index in [9.17, 15) is 9.59 Å². The number of nitrogens with zero attached hydrogens (tertiary/aromatic N) is 1. The molecule has 0 spiro atoms. The molecular formula is C39H53N3O3S. The van der Waals surface area contributed by atoms with Gasteiger partial charge in [0.05, 0.1) is 10.8 Å². The van der Waals surface area contributed by atoms with Gasteiger partial charge in [0.1, 0.15) is 5.60 Å². The number of rotatable bonds is 13. The van der Waals surface area contributed by atoms with Gasteiger partial charge in [0.25, 0.3) is 0 Å². The number of likely N-dealkylation sites (tertiary alicyclic amines) is 1. The maximum absolute atomic E-state index is 13.7. The molecule has 0 bridgehead atoms. The Bertz CT molecular complexity index is 1280. The summed E-state index contributed by atoms with van der Waals surface area (Å²) in [6.07, 6.45) is 1.34. The molecule has 1 saturated heterocycles. The molecule has 0 radical (unpaired) electrons. The van der Waals surface area contributed by atoms with Crippen LogP contribution in [-0.4, -0.2) is 59.5 Å². The van der Waals surface area contributed by atoms with Gasteiger partial charge in [0, 0.05) is 30.9 Å². The third-order valence-corrected chi connectivity index (χ3v) is 10.4. The van der Waals surface area contributed by atoms with E-state index in [1.54, 1.807) is 0 Å². The number of carbonyl (C=O) groups is 2. The summed E-state index contributed by atoms with van der Waals surface area (Å²) in [4.78, 5) is 28.9. The molecule has 7 heteroatoms. The number of carbonyl (C=O) groups excluding carboxylic acids is 2. The van der Waals surface area contributed by atoms with Crippen molar-refractivity contribution in [2.24, 2.45) is 11.8 Å². The molecular weight excluding hydrogens is 591 g/mol. The molecule has 3 aromatic carbocycles. The SMILES string of the molecule is CCC(C)[C@H](NCC1CC(SC(c2ccccc2)(c2ccccc2)c2ccccc2)CN1C(=O)OC(C)(C)C)C(=O)NCC(C)C. The van der Waals surface area contributed by atoms with E-state index in [2.05, 4.69) is 129 Å². The Morgan fingerprint density at radius 2 is 1.37 bits per heavy atom. The van der Waals surface area contributed by atoms with Gasteiger partial charge in [-0.2, -0.15) is 0 Å². The van der Waals surface area contributed by atoms with E-state index in [1.807, 2.05) is 37.4 Å². The molecule has 3 unspecified atom stereocenters. The number of hydrogen-bond acceptors (Lipinski definition) is 5. The Balaban J connectivity index is 1.69. The zero-order chi connectivity index (χ0) is 33.3. The first-order valence-corrected chi connectivity index (χ1v) is 17.7. The van der Waals surface area contributed by atoms with Crippen molar-refractivity contribution in [1.82, 2.24) is 15.5 Å².